The van der Waals surface area contributed by atoms with Gasteiger partial charge in [0.15, 0.2) is 13.6 Å². The van der Waals surface area contributed by atoms with Crippen molar-refractivity contribution in [3.05, 3.63) is 35.4 Å². The van der Waals surface area contributed by atoms with E-state index >= 15 is 0 Å². The molecule has 0 aliphatic rings. The summed E-state index contributed by atoms with van der Waals surface area (Å²) in [5, 5.41) is 0. The smallest absolute Gasteiger partial charge is 0.344 e. The van der Waals surface area contributed by atoms with E-state index in [0.29, 0.717) is 16.9 Å². The fourth-order valence-corrected chi connectivity index (χ4v) is 1.57. The summed E-state index contributed by atoms with van der Waals surface area (Å²) in [6.07, 6.45) is 1.62. The van der Waals surface area contributed by atoms with E-state index in [1.165, 1.54) is 14.2 Å². The molecule has 0 saturated carbocycles. The minimum Gasteiger partial charge on any atom is -0.466 e. The van der Waals surface area contributed by atoms with Crippen molar-refractivity contribution in [1.29, 1.82) is 0 Å². The zero-order valence-electron chi connectivity index (χ0n) is 11.4. The average molecular weight is 266 g/mol. The summed E-state index contributed by atoms with van der Waals surface area (Å²) in [7, 11) is 2.95. The van der Waals surface area contributed by atoms with Gasteiger partial charge < -0.3 is 18.9 Å². The first kappa shape index (κ1) is 15.2. The Morgan fingerprint density at radius 2 is 1.95 bits per heavy atom. The maximum absolute atomic E-state index is 12.0. The zero-order valence-corrected chi connectivity index (χ0v) is 11.4. The van der Waals surface area contributed by atoms with Crippen LogP contribution in [0.25, 0.3) is 6.08 Å². The summed E-state index contributed by atoms with van der Waals surface area (Å²) >= 11 is 0. The van der Waals surface area contributed by atoms with Crippen molar-refractivity contribution in [2.45, 2.75) is 6.92 Å². The topological polar surface area (TPSA) is 54.0 Å². The maximum atomic E-state index is 12.0. The highest BCUT2D eigenvalue weighted by Gasteiger charge is 2.17. The van der Waals surface area contributed by atoms with Gasteiger partial charge in [0, 0.05) is 19.8 Å². The van der Waals surface area contributed by atoms with Crippen molar-refractivity contribution in [1.82, 2.24) is 0 Å². The molecular weight excluding hydrogens is 248 g/mol. The first-order valence-corrected chi connectivity index (χ1v) is 5.69. The van der Waals surface area contributed by atoms with E-state index < -0.39 is 5.97 Å². The molecule has 0 atom stereocenters. The number of rotatable bonds is 7. The fraction of sp³-hybridized carbons (Fsp3) is 0.357. The van der Waals surface area contributed by atoms with E-state index in [0.717, 1.165) is 5.56 Å². The second-order valence-corrected chi connectivity index (χ2v) is 3.82. The molecule has 0 radical (unpaired) electrons. The Morgan fingerprint density at radius 3 is 2.53 bits per heavy atom. The van der Waals surface area contributed by atoms with Crippen molar-refractivity contribution < 1.29 is 23.7 Å². The van der Waals surface area contributed by atoms with E-state index in [4.69, 9.17) is 18.9 Å². The Kier molecular flexibility index (Phi) is 6.05. The number of methoxy groups -OCH3 is 2. The number of carbonyl (C=O) groups is 1. The molecule has 0 bridgehead atoms. The number of ether oxygens (including phenoxy) is 4. The molecule has 19 heavy (non-hydrogen) atoms. The largest absolute Gasteiger partial charge is 0.466 e. The SMILES string of the molecule is C=Cc1cc(C)cc(C(=O)OCOC)c1OCOC. The van der Waals surface area contributed by atoms with Crippen LogP contribution in [0.3, 0.4) is 0 Å². The summed E-state index contributed by atoms with van der Waals surface area (Å²) in [6.45, 7) is 5.51. The molecule has 0 aliphatic carbocycles. The third-order valence-corrected chi connectivity index (χ3v) is 2.33. The Labute approximate surface area is 112 Å². The lowest BCUT2D eigenvalue weighted by atomic mass is 10.0. The maximum Gasteiger partial charge on any atom is 0.344 e. The summed E-state index contributed by atoms with van der Waals surface area (Å²) in [5.74, 6) is -0.122. The molecule has 0 fully saturated rings. The molecule has 5 heteroatoms. The molecule has 0 aromatic heterocycles. The second-order valence-electron chi connectivity index (χ2n) is 3.82. The van der Waals surface area contributed by atoms with Crippen LogP contribution in [0, 0.1) is 6.92 Å². The fourth-order valence-electron chi connectivity index (χ4n) is 1.57. The van der Waals surface area contributed by atoms with Crippen LogP contribution >= 0.6 is 0 Å². The van der Waals surface area contributed by atoms with Gasteiger partial charge in [-0.3, -0.25) is 0 Å². The van der Waals surface area contributed by atoms with Gasteiger partial charge in [0.25, 0.3) is 0 Å². The highest BCUT2D eigenvalue weighted by atomic mass is 16.7. The molecule has 0 aliphatic heterocycles. The number of carbonyl (C=O) groups excluding carboxylic acids is 1. The first-order valence-electron chi connectivity index (χ1n) is 5.69. The minimum absolute atomic E-state index is 0.0362. The second kappa shape index (κ2) is 7.56. The van der Waals surface area contributed by atoms with Gasteiger partial charge in [-0.05, 0) is 24.6 Å². The molecule has 0 spiro atoms. The molecule has 5 nitrogen and oxygen atoms in total. The molecule has 1 aromatic rings. The van der Waals surface area contributed by atoms with Crippen LogP contribution in [0.5, 0.6) is 5.75 Å². The lowest BCUT2D eigenvalue weighted by Crippen LogP contribution is -2.12. The van der Waals surface area contributed by atoms with Gasteiger partial charge in [-0.2, -0.15) is 0 Å². The van der Waals surface area contributed by atoms with Gasteiger partial charge >= 0.3 is 5.97 Å². The lowest BCUT2D eigenvalue weighted by molar-refractivity contribution is -0.0132. The Balaban J connectivity index is 3.14. The molecule has 1 rings (SSSR count). The number of aryl methyl sites for hydroxylation is 1. The average Bonchev–Trinajstić information content (AvgIpc) is 2.42. The first-order chi connectivity index (χ1) is 9.13. The van der Waals surface area contributed by atoms with Crippen LogP contribution in [-0.2, 0) is 14.2 Å². The van der Waals surface area contributed by atoms with E-state index in [2.05, 4.69) is 6.58 Å². The number of benzene rings is 1. The highest BCUT2D eigenvalue weighted by molar-refractivity contribution is 5.94. The van der Waals surface area contributed by atoms with E-state index in [1.807, 2.05) is 13.0 Å². The monoisotopic (exact) mass is 266 g/mol. The van der Waals surface area contributed by atoms with Crippen molar-refractivity contribution in [3.63, 3.8) is 0 Å². The summed E-state index contributed by atoms with van der Waals surface area (Å²) in [6, 6.07) is 3.56. The number of hydrogen-bond donors (Lipinski definition) is 0. The van der Waals surface area contributed by atoms with Crippen molar-refractivity contribution in [3.8, 4) is 5.75 Å². The summed E-state index contributed by atoms with van der Waals surface area (Å²) in [4.78, 5) is 12.0. The normalized spacial score (nSPS) is 10.1. The van der Waals surface area contributed by atoms with Crippen molar-refractivity contribution >= 4 is 12.0 Å². The molecule has 104 valence electrons. The molecule has 0 saturated heterocycles. The van der Waals surface area contributed by atoms with Crippen LogP contribution < -0.4 is 4.74 Å². The van der Waals surface area contributed by atoms with Crippen LogP contribution in [0.1, 0.15) is 21.5 Å². The molecule has 1 aromatic carbocycles. The number of hydrogen-bond acceptors (Lipinski definition) is 5. The standard InChI is InChI=1S/C14H18O5/c1-5-11-6-10(2)7-12(13(11)18-8-16-3)14(15)19-9-17-4/h5-7H,1,8-9H2,2-4H3. The quantitative estimate of drug-likeness (QED) is 0.560. The van der Waals surface area contributed by atoms with Gasteiger partial charge in [-0.1, -0.05) is 12.7 Å². The van der Waals surface area contributed by atoms with Crippen LogP contribution in [0.2, 0.25) is 0 Å². The molecule has 0 unspecified atom stereocenters. The van der Waals surface area contributed by atoms with Gasteiger partial charge in [0.1, 0.15) is 11.3 Å². The molecular formula is C14H18O5. The van der Waals surface area contributed by atoms with E-state index in [1.54, 1.807) is 12.1 Å². The highest BCUT2D eigenvalue weighted by Crippen LogP contribution is 2.28. The summed E-state index contributed by atoms with van der Waals surface area (Å²) < 4.78 is 19.9. The number of esters is 1. The predicted octanol–water partition coefficient (Wildman–Crippen LogP) is 2.38. The third-order valence-electron chi connectivity index (χ3n) is 2.33. The predicted molar refractivity (Wildman–Crippen MR) is 71.1 cm³/mol. The molecule has 0 heterocycles. The molecule has 0 N–H and O–H groups in total. The Hall–Kier alpha value is -1.85. The van der Waals surface area contributed by atoms with Gasteiger partial charge in [-0.15, -0.1) is 0 Å². The van der Waals surface area contributed by atoms with Gasteiger partial charge in [-0.25, -0.2) is 4.79 Å². The zero-order chi connectivity index (χ0) is 14.3. The van der Waals surface area contributed by atoms with Gasteiger partial charge in [0.05, 0.1) is 0 Å². The van der Waals surface area contributed by atoms with E-state index in [-0.39, 0.29) is 13.6 Å². The minimum atomic E-state index is -0.514. The van der Waals surface area contributed by atoms with E-state index in [9.17, 15) is 4.79 Å². The van der Waals surface area contributed by atoms with Crippen molar-refractivity contribution in [2.24, 2.45) is 0 Å². The van der Waals surface area contributed by atoms with Gasteiger partial charge in [0.2, 0.25) is 0 Å². The summed E-state index contributed by atoms with van der Waals surface area (Å²) in [5.41, 5.74) is 1.94. The lowest BCUT2D eigenvalue weighted by Gasteiger charge is -2.14. The third kappa shape index (κ3) is 4.08. The van der Waals surface area contributed by atoms with Crippen molar-refractivity contribution in [2.75, 3.05) is 27.8 Å². The van der Waals surface area contributed by atoms with Crippen LogP contribution in [0.15, 0.2) is 18.7 Å². The molecule has 0 amide bonds. The Bertz CT molecular complexity index is 453. The van der Waals surface area contributed by atoms with Crippen LogP contribution in [0.4, 0.5) is 0 Å². The Morgan fingerprint density at radius 1 is 1.26 bits per heavy atom. The van der Waals surface area contributed by atoms with Crippen LogP contribution in [-0.4, -0.2) is 33.8 Å².